The Morgan fingerprint density at radius 3 is 1.16 bits per heavy atom. The topological polar surface area (TPSA) is 159 Å². The monoisotopic (exact) mass is 627 g/mol. The van der Waals surface area contributed by atoms with Crippen molar-refractivity contribution in [3.63, 3.8) is 0 Å². The number of aliphatic carboxylic acids is 1. The summed E-state index contributed by atoms with van der Waals surface area (Å²) in [5.74, 6) is -1.51. The van der Waals surface area contributed by atoms with Gasteiger partial charge in [0.1, 0.15) is 13.2 Å². The third-order valence-corrected chi connectivity index (χ3v) is 5.40. The van der Waals surface area contributed by atoms with E-state index in [0.717, 1.165) is 13.0 Å². The van der Waals surface area contributed by atoms with Gasteiger partial charge in [0.05, 0.1) is 112 Å². The second kappa shape index (κ2) is 36.7. The predicted octanol–water partition coefficient (Wildman–Crippen LogP) is 1.32. The minimum atomic E-state index is -1.12. The molecule has 0 rings (SSSR count). The van der Waals surface area contributed by atoms with E-state index in [1.807, 2.05) is 0 Å². The van der Waals surface area contributed by atoms with Gasteiger partial charge in [0.25, 0.3) is 0 Å². The van der Waals surface area contributed by atoms with Crippen molar-refractivity contribution in [1.29, 1.82) is 0 Å². The van der Waals surface area contributed by atoms with Crippen LogP contribution in [0.1, 0.15) is 39.0 Å². The average molecular weight is 628 g/mol. The van der Waals surface area contributed by atoms with Crippen LogP contribution >= 0.6 is 0 Å². The number of carboxylic acids is 1. The van der Waals surface area contributed by atoms with Crippen molar-refractivity contribution in [2.24, 2.45) is 0 Å². The number of amides is 1. The normalized spacial score (nSPS) is 11.3. The van der Waals surface area contributed by atoms with Gasteiger partial charge in [0, 0.05) is 13.2 Å². The van der Waals surface area contributed by atoms with Crippen LogP contribution in [0, 0.1) is 0 Å². The molecule has 1 amide bonds. The molecule has 0 heterocycles. The van der Waals surface area contributed by atoms with Crippen molar-refractivity contribution in [2.75, 3.05) is 139 Å². The quantitative estimate of drug-likeness (QED) is 0.0951. The molecule has 0 fully saturated rings. The fourth-order valence-electron chi connectivity index (χ4n) is 3.21. The van der Waals surface area contributed by atoms with Crippen LogP contribution in [-0.4, -0.2) is 156 Å². The molecule has 256 valence electrons. The van der Waals surface area contributed by atoms with Gasteiger partial charge in [-0.15, -0.1) is 0 Å². The number of carboxylic acid groups (broad SMARTS) is 1. The number of unbranched alkanes of at least 4 members (excludes halogenated alkanes) is 4. The van der Waals surface area contributed by atoms with Gasteiger partial charge in [-0.25, -0.2) is 4.79 Å². The molecule has 43 heavy (non-hydrogen) atoms. The van der Waals surface area contributed by atoms with Gasteiger partial charge in [-0.1, -0.05) is 32.6 Å². The van der Waals surface area contributed by atoms with Crippen molar-refractivity contribution in [2.45, 2.75) is 39.0 Å². The van der Waals surface area contributed by atoms with Crippen LogP contribution in [0.15, 0.2) is 0 Å². The number of carbonyl (C=O) groups is 2. The molecular weight excluding hydrogens is 570 g/mol. The molecule has 0 aliphatic carbocycles. The molecule has 0 bridgehead atoms. The zero-order valence-corrected chi connectivity index (χ0v) is 26.2. The molecule has 0 aromatic carbocycles. The van der Waals surface area contributed by atoms with E-state index in [2.05, 4.69) is 17.0 Å². The first-order chi connectivity index (χ1) is 21.2. The first kappa shape index (κ1) is 41.5. The SMILES string of the molecule is CCCCCCCOCCOCCOCCOCCOCCOCCOCCOCCOCCNC(=O)COCC(=O)O. The Bertz CT molecular complexity index is 587. The predicted molar refractivity (Wildman–Crippen MR) is 158 cm³/mol. The van der Waals surface area contributed by atoms with Gasteiger partial charge in [-0.2, -0.15) is 0 Å². The van der Waals surface area contributed by atoms with Gasteiger partial charge in [-0.05, 0) is 6.42 Å². The highest BCUT2D eigenvalue weighted by molar-refractivity contribution is 5.77. The minimum Gasteiger partial charge on any atom is -0.480 e. The molecule has 14 heteroatoms. The van der Waals surface area contributed by atoms with E-state index in [0.29, 0.717) is 119 Å². The summed E-state index contributed by atoms with van der Waals surface area (Å²) in [5, 5.41) is 11.0. The number of rotatable bonds is 37. The van der Waals surface area contributed by atoms with E-state index in [1.165, 1.54) is 25.7 Å². The highest BCUT2D eigenvalue weighted by Crippen LogP contribution is 2.02. The number of ether oxygens (including phenoxy) is 10. The summed E-state index contributed by atoms with van der Waals surface area (Å²) >= 11 is 0. The van der Waals surface area contributed by atoms with E-state index >= 15 is 0 Å². The largest absolute Gasteiger partial charge is 0.480 e. The lowest BCUT2D eigenvalue weighted by molar-refractivity contribution is -0.143. The Labute approximate surface area is 257 Å². The van der Waals surface area contributed by atoms with E-state index in [1.54, 1.807) is 0 Å². The summed E-state index contributed by atoms with van der Waals surface area (Å²) in [5.41, 5.74) is 0. The van der Waals surface area contributed by atoms with Crippen LogP contribution in [0.25, 0.3) is 0 Å². The van der Waals surface area contributed by atoms with Crippen LogP contribution in [0.3, 0.4) is 0 Å². The standard InChI is InChI=1S/C29H57NO13/c1-2-3-4-5-6-8-34-10-12-36-14-16-38-18-20-40-22-24-42-25-23-41-21-19-39-17-15-37-13-11-35-9-7-30-28(31)26-43-27-29(32)33/h2-27H2,1H3,(H,30,31)(H,32,33). The fourth-order valence-corrected chi connectivity index (χ4v) is 3.21. The highest BCUT2D eigenvalue weighted by Gasteiger charge is 2.03. The Kier molecular flexibility index (Phi) is 35.5. The maximum absolute atomic E-state index is 11.3. The molecule has 0 aromatic heterocycles. The molecule has 0 saturated carbocycles. The molecule has 0 unspecified atom stereocenters. The lowest BCUT2D eigenvalue weighted by atomic mass is 10.2. The van der Waals surface area contributed by atoms with Gasteiger partial charge < -0.3 is 57.8 Å². The van der Waals surface area contributed by atoms with Crippen LogP contribution < -0.4 is 5.32 Å². The maximum atomic E-state index is 11.3. The zero-order chi connectivity index (χ0) is 31.3. The molecule has 2 N–H and O–H groups in total. The number of nitrogens with one attached hydrogen (secondary N) is 1. The first-order valence-electron chi connectivity index (χ1n) is 15.4. The Morgan fingerprint density at radius 1 is 0.442 bits per heavy atom. The summed E-state index contributed by atoms with van der Waals surface area (Å²) in [7, 11) is 0. The first-order valence-corrected chi connectivity index (χ1v) is 15.4. The molecule has 0 saturated heterocycles. The minimum absolute atomic E-state index is 0.297. The summed E-state index contributed by atoms with van der Waals surface area (Å²) in [6.07, 6.45) is 6.24. The van der Waals surface area contributed by atoms with Crippen molar-refractivity contribution in [3.05, 3.63) is 0 Å². The average Bonchev–Trinajstić information content (AvgIpc) is 2.99. The van der Waals surface area contributed by atoms with E-state index in [-0.39, 0.29) is 6.61 Å². The molecule has 0 radical (unpaired) electrons. The Morgan fingerprint density at radius 2 is 0.791 bits per heavy atom. The van der Waals surface area contributed by atoms with Crippen molar-refractivity contribution < 1.29 is 62.1 Å². The Balaban J connectivity index is 3.08. The van der Waals surface area contributed by atoms with Crippen LogP contribution in [-0.2, 0) is 57.0 Å². The summed E-state index contributed by atoms with van der Waals surface area (Å²) in [4.78, 5) is 21.6. The second-order valence-corrected chi connectivity index (χ2v) is 9.16. The van der Waals surface area contributed by atoms with Gasteiger partial charge >= 0.3 is 5.97 Å². The van der Waals surface area contributed by atoms with E-state index < -0.39 is 18.5 Å². The molecule has 14 nitrogen and oxygen atoms in total. The van der Waals surface area contributed by atoms with Gasteiger partial charge in [0.15, 0.2) is 0 Å². The van der Waals surface area contributed by atoms with Gasteiger partial charge in [-0.3, -0.25) is 4.79 Å². The summed E-state index contributed by atoms with van der Waals surface area (Å²) in [6, 6.07) is 0. The maximum Gasteiger partial charge on any atom is 0.329 e. The van der Waals surface area contributed by atoms with E-state index in [9.17, 15) is 9.59 Å². The fraction of sp³-hybridized carbons (Fsp3) is 0.931. The number of hydrogen-bond donors (Lipinski definition) is 2. The third-order valence-electron chi connectivity index (χ3n) is 5.40. The van der Waals surface area contributed by atoms with Crippen LogP contribution in [0.4, 0.5) is 0 Å². The van der Waals surface area contributed by atoms with Crippen molar-refractivity contribution >= 4 is 11.9 Å². The van der Waals surface area contributed by atoms with E-state index in [4.69, 9.17) is 47.7 Å². The zero-order valence-electron chi connectivity index (χ0n) is 26.2. The van der Waals surface area contributed by atoms with Crippen molar-refractivity contribution in [1.82, 2.24) is 5.32 Å². The summed E-state index contributed by atoms with van der Waals surface area (Å²) in [6.45, 7) is 10.9. The van der Waals surface area contributed by atoms with Crippen LogP contribution in [0.5, 0.6) is 0 Å². The lowest BCUT2D eigenvalue weighted by Crippen LogP contribution is -2.31. The molecule has 0 atom stereocenters. The second-order valence-electron chi connectivity index (χ2n) is 9.16. The number of hydrogen-bond acceptors (Lipinski definition) is 12. The highest BCUT2D eigenvalue weighted by atomic mass is 16.6. The van der Waals surface area contributed by atoms with Crippen molar-refractivity contribution in [3.8, 4) is 0 Å². The Hall–Kier alpha value is -1.46. The summed E-state index contributed by atoms with van der Waals surface area (Å²) < 4.78 is 53.7. The molecule has 0 spiro atoms. The molecule has 0 aromatic rings. The molecular formula is C29H57NO13. The van der Waals surface area contributed by atoms with Gasteiger partial charge in [0.2, 0.25) is 5.91 Å². The number of carbonyl (C=O) groups excluding carboxylic acids is 1. The smallest absolute Gasteiger partial charge is 0.329 e. The molecule has 0 aliphatic heterocycles. The molecule has 0 aliphatic rings. The lowest BCUT2D eigenvalue weighted by Gasteiger charge is -2.09. The third kappa shape index (κ3) is 38.5. The van der Waals surface area contributed by atoms with Crippen LogP contribution in [0.2, 0.25) is 0 Å².